The molecule has 2 fully saturated rings. The Morgan fingerprint density at radius 2 is 1.60 bits per heavy atom. The first kappa shape index (κ1) is 12.9. The van der Waals surface area contributed by atoms with Gasteiger partial charge in [0, 0.05) is 25.2 Å². The Labute approximate surface area is 94.8 Å². The quantitative estimate of drug-likeness (QED) is 0.648. The molecule has 0 aromatic rings. The molecule has 15 heavy (non-hydrogen) atoms. The number of hydrogen-bond donors (Lipinski definition) is 1. The van der Waals surface area contributed by atoms with Crippen LogP contribution in [-0.2, 0) is 0 Å². The lowest BCUT2D eigenvalue weighted by Gasteiger charge is -2.50. The van der Waals surface area contributed by atoms with E-state index in [1.54, 1.807) is 0 Å². The lowest BCUT2D eigenvalue weighted by atomic mass is 9.85. The maximum Gasteiger partial charge on any atom is 0.0357 e. The molecule has 2 heterocycles. The van der Waals surface area contributed by atoms with Crippen molar-refractivity contribution in [2.75, 3.05) is 46.8 Å². The predicted molar refractivity (Wildman–Crippen MR) is 66.3 cm³/mol. The summed E-state index contributed by atoms with van der Waals surface area (Å²) >= 11 is 0. The fraction of sp³-hybridized carbons (Fsp3) is 1.00. The van der Waals surface area contributed by atoms with Crippen LogP contribution in [0.15, 0.2) is 0 Å². The van der Waals surface area contributed by atoms with Gasteiger partial charge in [0.1, 0.15) is 0 Å². The molecule has 2 saturated heterocycles. The van der Waals surface area contributed by atoms with Gasteiger partial charge in [-0.1, -0.05) is 13.8 Å². The standard InChI is InChI=1S/C10H21N3.C2H6/c1-12-7-8-13(2)10(9-12)3-5-11-6-4-10;1-2/h11H,3-9H2,1-2H3;1-2H3. The predicted octanol–water partition coefficient (Wildman–Crippen LogP) is 1.01. The van der Waals surface area contributed by atoms with E-state index in [0.29, 0.717) is 5.54 Å². The van der Waals surface area contributed by atoms with Gasteiger partial charge < -0.3 is 10.2 Å². The van der Waals surface area contributed by atoms with E-state index in [-0.39, 0.29) is 0 Å². The van der Waals surface area contributed by atoms with E-state index in [9.17, 15) is 0 Å². The van der Waals surface area contributed by atoms with E-state index in [0.717, 1.165) is 0 Å². The van der Waals surface area contributed by atoms with Crippen molar-refractivity contribution in [1.82, 2.24) is 15.1 Å². The Hall–Kier alpha value is -0.120. The highest BCUT2D eigenvalue weighted by Gasteiger charge is 2.39. The molecule has 0 unspecified atom stereocenters. The van der Waals surface area contributed by atoms with Gasteiger partial charge in [-0.3, -0.25) is 4.90 Å². The third-order valence-electron chi connectivity index (χ3n) is 3.73. The number of hydrogen-bond acceptors (Lipinski definition) is 3. The van der Waals surface area contributed by atoms with Crippen molar-refractivity contribution in [3.63, 3.8) is 0 Å². The lowest BCUT2D eigenvalue weighted by molar-refractivity contribution is 0.00527. The van der Waals surface area contributed by atoms with Gasteiger partial charge >= 0.3 is 0 Å². The summed E-state index contributed by atoms with van der Waals surface area (Å²) < 4.78 is 0. The normalized spacial score (nSPS) is 27.2. The van der Waals surface area contributed by atoms with Gasteiger partial charge in [0.25, 0.3) is 0 Å². The second kappa shape index (κ2) is 5.83. The average Bonchev–Trinajstić information content (AvgIpc) is 2.28. The Bertz CT molecular complexity index is 176. The molecule has 0 aliphatic carbocycles. The molecule has 0 amide bonds. The first-order valence-electron chi connectivity index (χ1n) is 6.33. The first-order valence-corrected chi connectivity index (χ1v) is 6.33. The van der Waals surface area contributed by atoms with E-state index >= 15 is 0 Å². The monoisotopic (exact) mass is 213 g/mol. The maximum absolute atomic E-state index is 3.45. The van der Waals surface area contributed by atoms with Crippen LogP contribution in [0.2, 0.25) is 0 Å². The zero-order valence-corrected chi connectivity index (χ0v) is 10.8. The molecule has 0 radical (unpaired) electrons. The molecule has 0 saturated carbocycles. The molecule has 0 atom stereocenters. The third kappa shape index (κ3) is 2.92. The number of likely N-dealkylation sites (N-methyl/N-ethyl adjacent to an activating group) is 2. The van der Waals surface area contributed by atoms with Gasteiger partial charge in [-0.15, -0.1) is 0 Å². The zero-order chi connectivity index (χ0) is 11.3. The Morgan fingerprint density at radius 1 is 1.00 bits per heavy atom. The number of piperazine rings is 1. The molecule has 3 nitrogen and oxygen atoms in total. The van der Waals surface area contributed by atoms with Crippen molar-refractivity contribution in [3.05, 3.63) is 0 Å². The number of nitrogens with zero attached hydrogens (tertiary/aromatic N) is 2. The molecule has 1 spiro atoms. The fourth-order valence-electron chi connectivity index (χ4n) is 2.69. The van der Waals surface area contributed by atoms with Crippen LogP contribution in [0.1, 0.15) is 26.7 Å². The summed E-state index contributed by atoms with van der Waals surface area (Å²) in [5.74, 6) is 0. The third-order valence-corrected chi connectivity index (χ3v) is 3.73. The smallest absolute Gasteiger partial charge is 0.0357 e. The van der Waals surface area contributed by atoms with Crippen molar-refractivity contribution >= 4 is 0 Å². The highest BCUT2D eigenvalue weighted by molar-refractivity contribution is 4.98. The number of rotatable bonds is 0. The van der Waals surface area contributed by atoms with E-state index in [1.165, 1.54) is 45.6 Å². The number of nitrogens with one attached hydrogen (secondary N) is 1. The van der Waals surface area contributed by atoms with Gasteiger partial charge in [0.05, 0.1) is 0 Å². The van der Waals surface area contributed by atoms with E-state index in [4.69, 9.17) is 0 Å². The zero-order valence-electron chi connectivity index (χ0n) is 10.8. The van der Waals surface area contributed by atoms with Crippen LogP contribution in [0.4, 0.5) is 0 Å². The molecule has 0 aromatic heterocycles. The van der Waals surface area contributed by atoms with Gasteiger partial charge in [0.2, 0.25) is 0 Å². The largest absolute Gasteiger partial charge is 0.317 e. The van der Waals surface area contributed by atoms with E-state index < -0.39 is 0 Å². The Morgan fingerprint density at radius 3 is 2.20 bits per heavy atom. The van der Waals surface area contributed by atoms with Crippen LogP contribution in [0.3, 0.4) is 0 Å². The fourth-order valence-corrected chi connectivity index (χ4v) is 2.69. The summed E-state index contributed by atoms with van der Waals surface area (Å²) in [7, 11) is 4.54. The van der Waals surface area contributed by atoms with E-state index in [2.05, 4.69) is 29.2 Å². The highest BCUT2D eigenvalue weighted by Crippen LogP contribution is 2.28. The second-order valence-electron chi connectivity index (χ2n) is 4.63. The second-order valence-corrected chi connectivity index (χ2v) is 4.63. The SMILES string of the molecule is CC.CN1CCN(C)C2(CCNCC2)C1. The minimum Gasteiger partial charge on any atom is -0.317 e. The first-order chi connectivity index (χ1) is 7.23. The summed E-state index contributed by atoms with van der Waals surface area (Å²) in [6.45, 7) is 10.1. The molecule has 90 valence electrons. The lowest BCUT2D eigenvalue weighted by Crippen LogP contribution is -2.63. The molecule has 0 aromatic carbocycles. The molecule has 0 bridgehead atoms. The average molecular weight is 213 g/mol. The summed E-state index contributed by atoms with van der Waals surface area (Å²) in [4.78, 5) is 5.05. The van der Waals surface area contributed by atoms with Crippen LogP contribution in [0.25, 0.3) is 0 Å². The summed E-state index contributed by atoms with van der Waals surface area (Å²) in [5.41, 5.74) is 0.484. The van der Waals surface area contributed by atoms with Crippen molar-refractivity contribution in [2.45, 2.75) is 32.2 Å². The van der Waals surface area contributed by atoms with Gasteiger partial charge in [0.15, 0.2) is 0 Å². The Kier molecular flexibility index (Phi) is 5.03. The maximum atomic E-state index is 3.45. The topological polar surface area (TPSA) is 18.5 Å². The van der Waals surface area contributed by atoms with Crippen LogP contribution in [0, 0.1) is 0 Å². The molecule has 1 N–H and O–H groups in total. The van der Waals surface area contributed by atoms with Crippen LogP contribution < -0.4 is 5.32 Å². The molecule has 3 heteroatoms. The van der Waals surface area contributed by atoms with Crippen LogP contribution in [-0.4, -0.2) is 62.2 Å². The van der Waals surface area contributed by atoms with Crippen molar-refractivity contribution in [1.29, 1.82) is 0 Å². The summed E-state index contributed by atoms with van der Waals surface area (Å²) in [5, 5.41) is 3.45. The molecule has 2 aliphatic heterocycles. The summed E-state index contributed by atoms with van der Waals surface area (Å²) in [6, 6.07) is 0. The Balaban J connectivity index is 0.000000531. The van der Waals surface area contributed by atoms with Crippen LogP contribution in [0.5, 0.6) is 0 Å². The van der Waals surface area contributed by atoms with Crippen LogP contribution >= 0.6 is 0 Å². The van der Waals surface area contributed by atoms with Gasteiger partial charge in [-0.25, -0.2) is 0 Å². The molecular weight excluding hydrogens is 186 g/mol. The highest BCUT2D eigenvalue weighted by atomic mass is 15.3. The minimum absolute atomic E-state index is 0.484. The number of piperidine rings is 1. The molecule has 2 rings (SSSR count). The summed E-state index contributed by atoms with van der Waals surface area (Å²) in [6.07, 6.45) is 2.63. The van der Waals surface area contributed by atoms with Gasteiger partial charge in [-0.2, -0.15) is 0 Å². The molecule has 2 aliphatic rings. The minimum atomic E-state index is 0.484. The molecular formula is C12H27N3. The van der Waals surface area contributed by atoms with Crippen molar-refractivity contribution in [2.24, 2.45) is 0 Å². The van der Waals surface area contributed by atoms with E-state index in [1.807, 2.05) is 13.8 Å². The van der Waals surface area contributed by atoms with Crippen molar-refractivity contribution in [3.8, 4) is 0 Å². The van der Waals surface area contributed by atoms with Crippen molar-refractivity contribution < 1.29 is 0 Å². The van der Waals surface area contributed by atoms with Gasteiger partial charge in [-0.05, 0) is 40.0 Å².